The van der Waals surface area contributed by atoms with Gasteiger partial charge >= 0.3 is 0 Å². The minimum absolute atomic E-state index is 0. The van der Waals surface area contributed by atoms with Gasteiger partial charge in [0.15, 0.2) is 0 Å². The van der Waals surface area contributed by atoms with Crippen LogP contribution in [0, 0.1) is 11.8 Å². The van der Waals surface area contributed by atoms with Crippen molar-refractivity contribution >= 4 is 35.8 Å². The van der Waals surface area contributed by atoms with Gasteiger partial charge in [-0.25, -0.2) is 0 Å². The lowest BCUT2D eigenvalue weighted by molar-refractivity contribution is -0.135. The number of piperidine rings is 1. The van der Waals surface area contributed by atoms with Crippen molar-refractivity contribution in [3.63, 3.8) is 0 Å². The fourth-order valence-corrected chi connectivity index (χ4v) is 3.48. The van der Waals surface area contributed by atoms with Crippen molar-refractivity contribution in [2.75, 3.05) is 26.7 Å². The minimum Gasteiger partial charge on any atom is -0.341 e. The average molecular weight is 416 g/mol. The van der Waals surface area contributed by atoms with Gasteiger partial charge in [0, 0.05) is 23.7 Å². The summed E-state index contributed by atoms with van der Waals surface area (Å²) in [4.78, 5) is 27.5. The summed E-state index contributed by atoms with van der Waals surface area (Å²) in [7, 11) is 1.96. The van der Waals surface area contributed by atoms with E-state index < -0.39 is 6.04 Å². The summed E-state index contributed by atoms with van der Waals surface area (Å²) >= 11 is 5.88. The van der Waals surface area contributed by atoms with Crippen LogP contribution in [0.15, 0.2) is 24.3 Å². The quantitative estimate of drug-likeness (QED) is 0.717. The first kappa shape index (κ1) is 23.7. The molecule has 2 N–H and O–H groups in total. The standard InChI is InChI=1S/C20H30ClN3O2.ClH/c1-4-14(2)18(23-19(25)16-5-7-17(21)8-6-16)20(26)24-11-9-15(10-12-24)13-22-3;/h5-8,14-15,18,22H,4,9-13H2,1-3H3,(H,23,25);1H. The number of nitrogens with zero attached hydrogens (tertiary/aromatic N) is 1. The van der Waals surface area contributed by atoms with E-state index in [1.54, 1.807) is 24.3 Å². The Balaban J connectivity index is 0.00000364. The largest absolute Gasteiger partial charge is 0.341 e. The molecule has 1 fully saturated rings. The topological polar surface area (TPSA) is 61.4 Å². The molecule has 0 radical (unpaired) electrons. The average Bonchev–Trinajstić information content (AvgIpc) is 2.66. The van der Waals surface area contributed by atoms with Crippen molar-refractivity contribution in [2.24, 2.45) is 11.8 Å². The molecule has 2 rings (SSSR count). The minimum atomic E-state index is -0.496. The number of hydrogen-bond acceptors (Lipinski definition) is 3. The Morgan fingerprint density at radius 1 is 1.22 bits per heavy atom. The molecule has 0 spiro atoms. The van der Waals surface area contributed by atoms with Gasteiger partial charge in [0.25, 0.3) is 5.91 Å². The van der Waals surface area contributed by atoms with Crippen molar-refractivity contribution in [3.05, 3.63) is 34.9 Å². The second-order valence-corrected chi connectivity index (χ2v) is 7.61. The predicted molar refractivity (Wildman–Crippen MR) is 113 cm³/mol. The van der Waals surface area contributed by atoms with Crippen molar-refractivity contribution in [1.29, 1.82) is 0 Å². The number of carbonyl (C=O) groups is 2. The second-order valence-electron chi connectivity index (χ2n) is 7.17. The van der Waals surface area contributed by atoms with Gasteiger partial charge in [0.05, 0.1) is 0 Å². The Labute approximate surface area is 173 Å². The molecule has 1 saturated heterocycles. The van der Waals surface area contributed by atoms with Crippen LogP contribution in [0.5, 0.6) is 0 Å². The van der Waals surface area contributed by atoms with Crippen molar-refractivity contribution in [2.45, 2.75) is 39.2 Å². The molecule has 1 aliphatic heterocycles. The van der Waals surface area contributed by atoms with E-state index in [9.17, 15) is 9.59 Å². The summed E-state index contributed by atoms with van der Waals surface area (Å²) in [6.45, 7) is 6.56. The van der Waals surface area contributed by atoms with E-state index in [0.29, 0.717) is 16.5 Å². The van der Waals surface area contributed by atoms with Crippen molar-refractivity contribution in [3.8, 4) is 0 Å². The van der Waals surface area contributed by atoms with Gasteiger partial charge in [-0.15, -0.1) is 12.4 Å². The third-order valence-corrected chi connectivity index (χ3v) is 5.54. The third-order valence-electron chi connectivity index (χ3n) is 5.29. The molecule has 2 unspecified atom stereocenters. The molecule has 0 aromatic heterocycles. The van der Waals surface area contributed by atoms with Crippen LogP contribution in [-0.2, 0) is 4.79 Å². The zero-order valence-corrected chi connectivity index (χ0v) is 17.9. The summed E-state index contributed by atoms with van der Waals surface area (Å²) in [5.41, 5.74) is 0.517. The molecule has 7 heteroatoms. The molecule has 0 saturated carbocycles. The van der Waals surface area contributed by atoms with Crippen LogP contribution >= 0.6 is 24.0 Å². The lowest BCUT2D eigenvalue weighted by atomic mass is 9.93. The fraction of sp³-hybridized carbons (Fsp3) is 0.600. The number of amides is 2. The fourth-order valence-electron chi connectivity index (χ4n) is 3.35. The lowest BCUT2D eigenvalue weighted by Gasteiger charge is -2.35. The van der Waals surface area contributed by atoms with Crippen LogP contribution in [0.25, 0.3) is 0 Å². The molecule has 27 heavy (non-hydrogen) atoms. The lowest BCUT2D eigenvalue weighted by Crippen LogP contribution is -2.53. The highest BCUT2D eigenvalue weighted by Crippen LogP contribution is 2.20. The van der Waals surface area contributed by atoms with Crippen LogP contribution in [0.3, 0.4) is 0 Å². The van der Waals surface area contributed by atoms with Crippen LogP contribution in [-0.4, -0.2) is 49.4 Å². The summed E-state index contributed by atoms with van der Waals surface area (Å²) in [5.74, 6) is 0.499. The Kier molecular flexibility index (Phi) is 10.1. The van der Waals surface area contributed by atoms with Crippen molar-refractivity contribution in [1.82, 2.24) is 15.5 Å². The Bertz CT molecular complexity index is 602. The number of likely N-dealkylation sites (tertiary alicyclic amines) is 1. The van der Waals surface area contributed by atoms with Gasteiger partial charge in [-0.3, -0.25) is 9.59 Å². The molecule has 0 aliphatic carbocycles. The van der Waals surface area contributed by atoms with E-state index >= 15 is 0 Å². The number of carbonyl (C=O) groups excluding carboxylic acids is 2. The summed E-state index contributed by atoms with van der Waals surface area (Å²) in [6.07, 6.45) is 2.84. The van der Waals surface area contributed by atoms with E-state index in [2.05, 4.69) is 10.6 Å². The number of benzene rings is 1. The summed E-state index contributed by atoms with van der Waals surface area (Å²) in [6, 6.07) is 6.23. The maximum atomic E-state index is 13.1. The molecular formula is C20H31Cl2N3O2. The van der Waals surface area contributed by atoms with Crippen LogP contribution in [0.1, 0.15) is 43.5 Å². The predicted octanol–water partition coefficient (Wildman–Crippen LogP) is 3.36. The maximum absolute atomic E-state index is 13.1. The monoisotopic (exact) mass is 415 g/mol. The first-order valence-electron chi connectivity index (χ1n) is 9.46. The van der Waals surface area contributed by atoms with Crippen molar-refractivity contribution < 1.29 is 9.59 Å². The molecule has 152 valence electrons. The van der Waals surface area contributed by atoms with Gasteiger partial charge in [-0.05, 0) is 62.5 Å². The number of rotatable bonds is 7. The van der Waals surface area contributed by atoms with Gasteiger partial charge in [0.1, 0.15) is 6.04 Å². The van der Waals surface area contributed by atoms with Gasteiger partial charge < -0.3 is 15.5 Å². The molecule has 2 amide bonds. The van der Waals surface area contributed by atoms with E-state index in [-0.39, 0.29) is 30.1 Å². The molecular weight excluding hydrogens is 385 g/mol. The highest BCUT2D eigenvalue weighted by molar-refractivity contribution is 6.30. The normalized spacial score (nSPS) is 17.0. The number of hydrogen-bond donors (Lipinski definition) is 2. The van der Waals surface area contributed by atoms with Crippen LogP contribution < -0.4 is 10.6 Å². The highest BCUT2D eigenvalue weighted by Gasteiger charge is 2.32. The molecule has 0 bridgehead atoms. The van der Waals surface area contributed by atoms with Gasteiger partial charge in [-0.1, -0.05) is 31.9 Å². The summed E-state index contributed by atoms with van der Waals surface area (Å²) < 4.78 is 0. The Morgan fingerprint density at radius 2 is 1.81 bits per heavy atom. The zero-order chi connectivity index (χ0) is 19.1. The SMILES string of the molecule is CCC(C)C(NC(=O)c1ccc(Cl)cc1)C(=O)N1CCC(CNC)CC1.Cl. The summed E-state index contributed by atoms with van der Waals surface area (Å²) in [5, 5.41) is 6.75. The Hall–Kier alpha value is -1.30. The molecule has 1 aromatic rings. The first-order chi connectivity index (χ1) is 12.5. The molecule has 1 aliphatic rings. The molecule has 1 heterocycles. The maximum Gasteiger partial charge on any atom is 0.251 e. The van der Waals surface area contributed by atoms with Crippen LogP contribution in [0.4, 0.5) is 0 Å². The van der Waals surface area contributed by atoms with E-state index in [4.69, 9.17) is 11.6 Å². The number of nitrogens with one attached hydrogen (secondary N) is 2. The van der Waals surface area contributed by atoms with E-state index in [1.807, 2.05) is 25.8 Å². The van der Waals surface area contributed by atoms with E-state index in [1.165, 1.54) is 0 Å². The highest BCUT2D eigenvalue weighted by atomic mass is 35.5. The second kappa shape index (κ2) is 11.5. The van der Waals surface area contributed by atoms with Crippen LogP contribution in [0.2, 0.25) is 5.02 Å². The zero-order valence-electron chi connectivity index (χ0n) is 16.3. The third kappa shape index (κ3) is 6.66. The number of halogens is 2. The van der Waals surface area contributed by atoms with Gasteiger partial charge in [0.2, 0.25) is 5.91 Å². The molecule has 2 atom stereocenters. The van der Waals surface area contributed by atoms with Gasteiger partial charge in [-0.2, -0.15) is 0 Å². The molecule has 1 aromatic carbocycles. The smallest absolute Gasteiger partial charge is 0.251 e. The van der Waals surface area contributed by atoms with E-state index in [0.717, 1.165) is 38.9 Å². The molecule has 5 nitrogen and oxygen atoms in total. The Morgan fingerprint density at radius 3 is 2.33 bits per heavy atom. The first-order valence-corrected chi connectivity index (χ1v) is 9.83.